The maximum absolute atomic E-state index is 6.83. The Morgan fingerprint density at radius 1 is 1.15 bits per heavy atom. The summed E-state index contributed by atoms with van der Waals surface area (Å²) in [7, 11) is -1.75. The quantitative estimate of drug-likeness (QED) is 0.593. The van der Waals surface area contributed by atoms with Gasteiger partial charge in [0, 0.05) is 5.69 Å². The molecule has 1 aliphatic carbocycles. The zero-order valence-electron chi connectivity index (χ0n) is 17.4. The summed E-state index contributed by atoms with van der Waals surface area (Å²) in [6.07, 6.45) is 5.26. The van der Waals surface area contributed by atoms with Gasteiger partial charge in [0.25, 0.3) is 0 Å². The van der Waals surface area contributed by atoms with Crippen molar-refractivity contribution in [2.75, 3.05) is 5.32 Å². The second-order valence-electron chi connectivity index (χ2n) is 9.32. The summed E-state index contributed by atoms with van der Waals surface area (Å²) >= 11 is 1.78. The molecule has 3 nitrogen and oxygen atoms in total. The Labute approximate surface area is 163 Å². The molecule has 26 heavy (non-hydrogen) atoms. The number of hydrogen-bond donors (Lipinski definition) is 1. The van der Waals surface area contributed by atoms with Gasteiger partial charge in [0.1, 0.15) is 0 Å². The number of rotatable bonds is 4. The molecule has 0 saturated heterocycles. The first-order valence-corrected chi connectivity index (χ1v) is 13.6. The predicted molar refractivity (Wildman–Crippen MR) is 117 cm³/mol. The highest BCUT2D eigenvalue weighted by Gasteiger charge is 2.41. The Hall–Kier alpha value is -0.913. The number of anilines is 1. The average Bonchev–Trinajstić information content (AvgIpc) is 2.87. The van der Waals surface area contributed by atoms with E-state index < -0.39 is 8.32 Å². The largest absolute Gasteiger partial charge is 0.412 e. The number of benzene rings is 1. The maximum Gasteiger partial charge on any atom is 0.192 e. The van der Waals surface area contributed by atoms with Crippen molar-refractivity contribution in [3.63, 3.8) is 0 Å². The van der Waals surface area contributed by atoms with E-state index in [2.05, 4.69) is 70.1 Å². The molecule has 0 amide bonds. The highest BCUT2D eigenvalue weighted by atomic mass is 32.1. The lowest BCUT2D eigenvalue weighted by Crippen LogP contribution is -2.49. The third-order valence-electron chi connectivity index (χ3n) is 6.14. The van der Waals surface area contributed by atoms with Crippen LogP contribution in [0.2, 0.25) is 18.1 Å². The molecule has 1 heterocycles. The van der Waals surface area contributed by atoms with Crippen LogP contribution in [0.25, 0.3) is 10.2 Å². The molecule has 3 rings (SSSR count). The van der Waals surface area contributed by atoms with Gasteiger partial charge in [0.05, 0.1) is 27.4 Å². The van der Waals surface area contributed by atoms with E-state index in [1.165, 1.54) is 41.6 Å². The number of nitrogens with zero attached hydrogens (tertiary/aromatic N) is 1. The zero-order chi connectivity index (χ0) is 19.1. The SMILES string of the molecule is Cc1nc2cc(C)c(N[C@@H]3CCCC[C@H]3O[Si](C)(C)C(C)(C)C)cc2s1. The number of aromatic nitrogens is 1. The van der Waals surface area contributed by atoms with E-state index in [9.17, 15) is 0 Å². The Balaban J connectivity index is 1.81. The van der Waals surface area contributed by atoms with E-state index in [1.807, 2.05) is 0 Å². The molecule has 2 atom stereocenters. The van der Waals surface area contributed by atoms with Crippen molar-refractivity contribution in [2.24, 2.45) is 0 Å². The third-order valence-corrected chi connectivity index (χ3v) is 11.6. The van der Waals surface area contributed by atoms with Crippen molar-refractivity contribution >= 4 is 35.6 Å². The van der Waals surface area contributed by atoms with E-state index in [1.54, 1.807) is 11.3 Å². The second kappa shape index (κ2) is 7.25. The number of thiazole rings is 1. The monoisotopic (exact) mass is 390 g/mol. The summed E-state index contributed by atoms with van der Waals surface area (Å²) in [5, 5.41) is 5.24. The molecule has 2 aromatic rings. The Morgan fingerprint density at radius 3 is 2.54 bits per heavy atom. The van der Waals surface area contributed by atoms with E-state index in [-0.39, 0.29) is 5.04 Å². The number of hydrogen-bond acceptors (Lipinski definition) is 4. The van der Waals surface area contributed by atoms with Crippen molar-refractivity contribution in [3.05, 3.63) is 22.7 Å². The van der Waals surface area contributed by atoms with Crippen molar-refractivity contribution in [3.8, 4) is 0 Å². The number of fused-ring (bicyclic) bond motifs is 1. The van der Waals surface area contributed by atoms with Crippen LogP contribution in [0, 0.1) is 13.8 Å². The number of nitrogens with one attached hydrogen (secondary N) is 1. The van der Waals surface area contributed by atoms with Gasteiger partial charge in [-0.3, -0.25) is 0 Å². The van der Waals surface area contributed by atoms with Crippen LogP contribution in [0.1, 0.15) is 57.0 Å². The van der Waals surface area contributed by atoms with Gasteiger partial charge in [-0.25, -0.2) is 4.98 Å². The van der Waals surface area contributed by atoms with E-state index in [0.717, 1.165) is 10.5 Å². The first kappa shape index (κ1) is 19.8. The van der Waals surface area contributed by atoms with Crippen molar-refractivity contribution in [1.29, 1.82) is 0 Å². The summed E-state index contributed by atoms with van der Waals surface area (Å²) in [6, 6.07) is 4.91. The first-order valence-electron chi connectivity index (χ1n) is 9.89. The highest BCUT2D eigenvalue weighted by Crippen LogP contribution is 2.40. The lowest BCUT2D eigenvalue weighted by atomic mass is 9.92. The Bertz CT molecular complexity index is 778. The van der Waals surface area contributed by atoms with E-state index in [0.29, 0.717) is 12.1 Å². The summed E-state index contributed by atoms with van der Waals surface area (Å²) in [5.41, 5.74) is 3.64. The van der Waals surface area contributed by atoms with E-state index >= 15 is 0 Å². The third kappa shape index (κ3) is 4.15. The molecule has 1 aliphatic rings. The molecular weight excluding hydrogens is 356 g/mol. The fraction of sp³-hybridized carbons (Fsp3) is 0.667. The molecule has 1 aromatic carbocycles. The summed E-state index contributed by atoms with van der Waals surface area (Å²) in [5.74, 6) is 0. The topological polar surface area (TPSA) is 34.2 Å². The molecular formula is C21H34N2OSSi. The first-order chi connectivity index (χ1) is 12.1. The summed E-state index contributed by atoms with van der Waals surface area (Å²) in [6.45, 7) is 16.0. The van der Waals surface area contributed by atoms with Crippen LogP contribution in [0.4, 0.5) is 5.69 Å². The maximum atomic E-state index is 6.83. The average molecular weight is 391 g/mol. The molecule has 0 bridgehead atoms. The van der Waals surface area contributed by atoms with Crippen LogP contribution in [0.5, 0.6) is 0 Å². The Kier molecular flexibility index (Phi) is 5.53. The fourth-order valence-electron chi connectivity index (χ4n) is 3.51. The van der Waals surface area contributed by atoms with Crippen LogP contribution in [0.3, 0.4) is 0 Å². The van der Waals surface area contributed by atoms with Gasteiger partial charge in [-0.1, -0.05) is 33.6 Å². The van der Waals surface area contributed by atoms with Gasteiger partial charge in [-0.2, -0.15) is 0 Å². The smallest absolute Gasteiger partial charge is 0.192 e. The van der Waals surface area contributed by atoms with Crippen LogP contribution < -0.4 is 5.32 Å². The zero-order valence-corrected chi connectivity index (χ0v) is 19.2. The normalized spacial score (nSPS) is 22.0. The van der Waals surface area contributed by atoms with Gasteiger partial charge >= 0.3 is 0 Å². The van der Waals surface area contributed by atoms with Crippen LogP contribution in [-0.4, -0.2) is 25.4 Å². The van der Waals surface area contributed by atoms with Gasteiger partial charge in [-0.05, 0) is 62.5 Å². The minimum Gasteiger partial charge on any atom is -0.412 e. The minimum atomic E-state index is -1.75. The van der Waals surface area contributed by atoms with E-state index in [4.69, 9.17) is 4.43 Å². The minimum absolute atomic E-state index is 0.254. The van der Waals surface area contributed by atoms with Gasteiger partial charge in [0.15, 0.2) is 8.32 Å². The highest BCUT2D eigenvalue weighted by molar-refractivity contribution is 7.18. The van der Waals surface area contributed by atoms with Crippen LogP contribution in [0.15, 0.2) is 12.1 Å². The molecule has 0 aliphatic heterocycles. The molecule has 1 aromatic heterocycles. The molecule has 1 fully saturated rings. The molecule has 0 spiro atoms. The van der Waals surface area contributed by atoms with Crippen molar-refractivity contribution in [2.45, 2.75) is 90.6 Å². The lowest BCUT2D eigenvalue weighted by Gasteiger charge is -2.43. The van der Waals surface area contributed by atoms with Gasteiger partial charge in [-0.15, -0.1) is 11.3 Å². The molecule has 1 saturated carbocycles. The van der Waals surface area contributed by atoms with Gasteiger partial charge in [0.2, 0.25) is 0 Å². The van der Waals surface area contributed by atoms with Crippen LogP contribution >= 0.6 is 11.3 Å². The molecule has 144 valence electrons. The summed E-state index contributed by atoms with van der Waals surface area (Å²) in [4.78, 5) is 4.62. The standard InChI is InChI=1S/C21H34N2OSSi/c1-14-12-18-20(25-15(2)22-18)13-17(14)23-16-10-8-9-11-19(16)24-26(6,7)21(3,4)5/h12-13,16,19,23H,8-11H2,1-7H3/t16-,19-/m1/s1. The predicted octanol–water partition coefficient (Wildman–Crippen LogP) is 6.66. The molecule has 5 heteroatoms. The van der Waals surface area contributed by atoms with Gasteiger partial charge < -0.3 is 9.74 Å². The number of aryl methyl sites for hydroxylation is 2. The van der Waals surface area contributed by atoms with Crippen molar-refractivity contribution in [1.82, 2.24) is 4.98 Å². The lowest BCUT2D eigenvalue weighted by molar-refractivity contribution is 0.124. The second-order valence-corrected chi connectivity index (χ2v) is 15.3. The Morgan fingerprint density at radius 2 is 1.85 bits per heavy atom. The molecule has 0 radical (unpaired) electrons. The molecule has 1 N–H and O–H groups in total. The molecule has 0 unspecified atom stereocenters. The fourth-order valence-corrected chi connectivity index (χ4v) is 5.75. The summed E-state index contributed by atoms with van der Waals surface area (Å²) < 4.78 is 8.10. The van der Waals surface area contributed by atoms with Crippen molar-refractivity contribution < 1.29 is 4.43 Å². The van der Waals surface area contributed by atoms with Crippen LogP contribution in [-0.2, 0) is 4.43 Å².